The van der Waals surface area contributed by atoms with Gasteiger partial charge in [0.1, 0.15) is 0 Å². The number of nitrogens with one attached hydrogen (secondary N) is 1. The first-order valence-electron chi connectivity index (χ1n) is 4.22. The average molecular weight is 236 g/mol. The highest BCUT2D eigenvalue weighted by atomic mass is 35.5. The van der Waals surface area contributed by atoms with Crippen LogP contribution < -0.4 is 10.2 Å². The van der Waals surface area contributed by atoms with Crippen LogP contribution in [-0.2, 0) is 0 Å². The molecule has 0 atom stereocenters. The molecule has 1 aliphatic rings. The summed E-state index contributed by atoms with van der Waals surface area (Å²) < 4.78 is 0. The second-order valence-electron chi connectivity index (χ2n) is 3.10. The number of hydrogen-bond acceptors (Lipinski definition) is 3. The van der Waals surface area contributed by atoms with E-state index in [9.17, 15) is 0 Å². The maximum atomic E-state index is 3.98. The van der Waals surface area contributed by atoms with Crippen LogP contribution in [0.2, 0.25) is 0 Å². The van der Waals surface area contributed by atoms with E-state index >= 15 is 0 Å². The van der Waals surface area contributed by atoms with E-state index in [0.29, 0.717) is 6.04 Å². The van der Waals surface area contributed by atoms with Crippen molar-refractivity contribution in [2.75, 3.05) is 25.0 Å². The van der Waals surface area contributed by atoms with Gasteiger partial charge in [0, 0.05) is 37.2 Å². The smallest absolute Gasteiger partial charge is 0.0418 e. The SMILES string of the molecule is CNC1CN(c2ccncc2)C1.Cl.Cl. The summed E-state index contributed by atoms with van der Waals surface area (Å²) in [6.45, 7) is 2.22. The molecule has 0 aliphatic carbocycles. The van der Waals surface area contributed by atoms with Crippen molar-refractivity contribution in [3.8, 4) is 0 Å². The highest BCUT2D eigenvalue weighted by molar-refractivity contribution is 5.85. The van der Waals surface area contributed by atoms with Crippen LogP contribution in [0.3, 0.4) is 0 Å². The fourth-order valence-corrected chi connectivity index (χ4v) is 1.43. The Hall–Kier alpha value is -0.510. The van der Waals surface area contributed by atoms with Gasteiger partial charge < -0.3 is 10.2 Å². The van der Waals surface area contributed by atoms with Crippen molar-refractivity contribution in [1.29, 1.82) is 0 Å². The molecule has 0 unspecified atom stereocenters. The van der Waals surface area contributed by atoms with Crippen molar-refractivity contribution >= 4 is 30.5 Å². The summed E-state index contributed by atoms with van der Waals surface area (Å²) in [6.07, 6.45) is 3.67. The first kappa shape index (κ1) is 13.5. The number of pyridine rings is 1. The second kappa shape index (κ2) is 6.06. The topological polar surface area (TPSA) is 28.2 Å². The Morgan fingerprint density at radius 2 is 1.86 bits per heavy atom. The van der Waals surface area contributed by atoms with E-state index in [1.54, 1.807) is 0 Å². The Bertz CT molecular complexity index is 249. The van der Waals surface area contributed by atoms with E-state index in [4.69, 9.17) is 0 Å². The molecule has 1 fully saturated rings. The third-order valence-electron chi connectivity index (χ3n) is 2.32. The van der Waals surface area contributed by atoms with Gasteiger partial charge in [-0.05, 0) is 19.2 Å². The van der Waals surface area contributed by atoms with Crippen molar-refractivity contribution < 1.29 is 0 Å². The monoisotopic (exact) mass is 235 g/mol. The highest BCUT2D eigenvalue weighted by Crippen LogP contribution is 2.18. The van der Waals surface area contributed by atoms with Crippen LogP contribution in [-0.4, -0.2) is 31.2 Å². The Morgan fingerprint density at radius 3 is 2.36 bits per heavy atom. The molecule has 2 rings (SSSR count). The average Bonchev–Trinajstić information content (AvgIpc) is 2.04. The summed E-state index contributed by atoms with van der Waals surface area (Å²) in [5, 5.41) is 3.24. The molecule has 80 valence electrons. The molecule has 0 radical (unpaired) electrons. The number of halogens is 2. The molecule has 1 aromatic rings. The van der Waals surface area contributed by atoms with Crippen LogP contribution in [0.25, 0.3) is 0 Å². The Morgan fingerprint density at radius 1 is 1.29 bits per heavy atom. The molecule has 0 aromatic carbocycles. The third kappa shape index (κ3) is 2.74. The molecular formula is C9H15Cl2N3. The predicted octanol–water partition coefficient (Wildman–Crippen LogP) is 1.33. The maximum Gasteiger partial charge on any atom is 0.0418 e. The molecule has 0 spiro atoms. The van der Waals surface area contributed by atoms with Gasteiger partial charge >= 0.3 is 0 Å². The Kier molecular flexibility index (Phi) is 5.84. The normalized spacial score (nSPS) is 15.1. The molecule has 1 saturated heterocycles. The zero-order valence-electron chi connectivity index (χ0n) is 8.01. The van der Waals surface area contributed by atoms with Crippen LogP contribution in [0.4, 0.5) is 5.69 Å². The largest absolute Gasteiger partial charge is 0.368 e. The first-order valence-corrected chi connectivity index (χ1v) is 4.22. The van der Waals surface area contributed by atoms with Gasteiger partial charge in [-0.3, -0.25) is 4.98 Å². The van der Waals surface area contributed by atoms with Crippen LogP contribution in [0.1, 0.15) is 0 Å². The molecule has 2 heterocycles. The fourth-order valence-electron chi connectivity index (χ4n) is 1.43. The van der Waals surface area contributed by atoms with Gasteiger partial charge in [-0.25, -0.2) is 0 Å². The molecule has 0 saturated carbocycles. The lowest BCUT2D eigenvalue weighted by Crippen LogP contribution is -2.57. The lowest BCUT2D eigenvalue weighted by Gasteiger charge is -2.40. The molecular weight excluding hydrogens is 221 g/mol. The minimum atomic E-state index is 0. The van der Waals surface area contributed by atoms with Crippen molar-refractivity contribution in [2.24, 2.45) is 0 Å². The summed E-state index contributed by atoms with van der Waals surface area (Å²) in [7, 11) is 2.01. The van der Waals surface area contributed by atoms with E-state index in [0.717, 1.165) is 13.1 Å². The molecule has 1 N–H and O–H groups in total. The van der Waals surface area contributed by atoms with Crippen molar-refractivity contribution in [1.82, 2.24) is 10.3 Å². The maximum absolute atomic E-state index is 3.98. The number of nitrogens with zero attached hydrogens (tertiary/aromatic N) is 2. The van der Waals surface area contributed by atoms with Gasteiger partial charge in [0.15, 0.2) is 0 Å². The van der Waals surface area contributed by atoms with Crippen molar-refractivity contribution in [3.63, 3.8) is 0 Å². The van der Waals surface area contributed by atoms with E-state index in [-0.39, 0.29) is 24.8 Å². The molecule has 1 aliphatic heterocycles. The zero-order chi connectivity index (χ0) is 8.39. The van der Waals surface area contributed by atoms with Crippen LogP contribution in [0, 0.1) is 0 Å². The minimum Gasteiger partial charge on any atom is -0.368 e. The van der Waals surface area contributed by atoms with Gasteiger partial charge in [-0.2, -0.15) is 0 Å². The lowest BCUT2D eigenvalue weighted by molar-refractivity contribution is 0.450. The Balaban J connectivity index is 0.000000845. The number of anilines is 1. The number of aromatic nitrogens is 1. The molecule has 0 amide bonds. The van der Waals surface area contributed by atoms with Gasteiger partial charge in [0.25, 0.3) is 0 Å². The van der Waals surface area contributed by atoms with Crippen molar-refractivity contribution in [2.45, 2.75) is 6.04 Å². The standard InChI is InChI=1S/C9H13N3.2ClH/c1-10-8-6-12(7-8)9-2-4-11-5-3-9;;/h2-5,8,10H,6-7H2,1H3;2*1H. The third-order valence-corrected chi connectivity index (χ3v) is 2.32. The molecule has 5 heteroatoms. The number of likely N-dealkylation sites (N-methyl/N-ethyl adjacent to an activating group) is 1. The summed E-state index contributed by atoms with van der Waals surface area (Å²) in [4.78, 5) is 6.32. The minimum absolute atomic E-state index is 0. The molecule has 0 bridgehead atoms. The second-order valence-corrected chi connectivity index (χ2v) is 3.10. The van der Waals surface area contributed by atoms with E-state index in [1.165, 1.54) is 5.69 Å². The van der Waals surface area contributed by atoms with Crippen LogP contribution in [0.5, 0.6) is 0 Å². The summed E-state index contributed by atoms with van der Waals surface area (Å²) in [6, 6.07) is 4.76. The van der Waals surface area contributed by atoms with Gasteiger partial charge in [0.05, 0.1) is 0 Å². The number of rotatable bonds is 2. The number of hydrogen-bond donors (Lipinski definition) is 1. The van der Waals surface area contributed by atoms with E-state index < -0.39 is 0 Å². The van der Waals surface area contributed by atoms with Gasteiger partial charge in [-0.1, -0.05) is 0 Å². The highest BCUT2D eigenvalue weighted by Gasteiger charge is 2.24. The van der Waals surface area contributed by atoms with Crippen molar-refractivity contribution in [3.05, 3.63) is 24.5 Å². The quantitative estimate of drug-likeness (QED) is 0.839. The predicted molar refractivity (Wildman–Crippen MR) is 63.8 cm³/mol. The van der Waals surface area contributed by atoms with Gasteiger partial charge in [-0.15, -0.1) is 24.8 Å². The first-order chi connectivity index (χ1) is 5.90. The fraction of sp³-hybridized carbons (Fsp3) is 0.444. The summed E-state index contributed by atoms with van der Waals surface area (Å²) >= 11 is 0. The summed E-state index contributed by atoms with van der Waals surface area (Å²) in [5.74, 6) is 0. The zero-order valence-corrected chi connectivity index (χ0v) is 9.64. The van der Waals surface area contributed by atoms with Crippen LogP contribution >= 0.6 is 24.8 Å². The van der Waals surface area contributed by atoms with Gasteiger partial charge in [0.2, 0.25) is 0 Å². The van der Waals surface area contributed by atoms with E-state index in [1.807, 2.05) is 31.6 Å². The molecule has 1 aromatic heterocycles. The summed E-state index contributed by atoms with van der Waals surface area (Å²) in [5.41, 5.74) is 1.27. The molecule has 14 heavy (non-hydrogen) atoms. The lowest BCUT2D eigenvalue weighted by atomic mass is 10.1. The Labute approximate surface area is 96.7 Å². The van der Waals surface area contributed by atoms with E-state index in [2.05, 4.69) is 15.2 Å². The van der Waals surface area contributed by atoms with Crippen LogP contribution in [0.15, 0.2) is 24.5 Å². The molecule has 3 nitrogen and oxygen atoms in total.